The van der Waals surface area contributed by atoms with Crippen LogP contribution in [0.2, 0.25) is 5.02 Å². The highest BCUT2D eigenvalue weighted by Crippen LogP contribution is 2.19. The van der Waals surface area contributed by atoms with Crippen LogP contribution in [0.4, 0.5) is 5.69 Å². The van der Waals surface area contributed by atoms with Crippen molar-refractivity contribution in [3.05, 3.63) is 51.2 Å². The third-order valence-corrected chi connectivity index (χ3v) is 3.96. The van der Waals surface area contributed by atoms with Gasteiger partial charge >= 0.3 is 0 Å². The second kappa shape index (κ2) is 6.18. The molecule has 0 radical (unpaired) electrons. The van der Waals surface area contributed by atoms with Crippen LogP contribution in [-0.4, -0.2) is 5.11 Å². The molecule has 1 aromatic heterocycles. The molecule has 18 heavy (non-hydrogen) atoms. The molecule has 0 spiro atoms. The van der Waals surface area contributed by atoms with Crippen molar-refractivity contribution in [1.29, 1.82) is 0 Å². The van der Waals surface area contributed by atoms with Crippen molar-refractivity contribution in [2.24, 2.45) is 0 Å². The van der Waals surface area contributed by atoms with Crippen molar-refractivity contribution in [2.45, 2.75) is 13.5 Å². The van der Waals surface area contributed by atoms with Gasteiger partial charge in [-0.05, 0) is 48.3 Å². The average Bonchev–Trinajstić information content (AvgIpc) is 2.84. The lowest BCUT2D eigenvalue weighted by Crippen LogP contribution is -2.27. The maximum atomic E-state index is 6.05. The summed E-state index contributed by atoms with van der Waals surface area (Å²) in [4.78, 5) is 1.25. The Morgan fingerprint density at radius 3 is 2.89 bits per heavy atom. The van der Waals surface area contributed by atoms with Gasteiger partial charge < -0.3 is 10.6 Å². The minimum Gasteiger partial charge on any atom is -0.358 e. The molecule has 0 aliphatic rings. The molecule has 0 bridgehead atoms. The van der Waals surface area contributed by atoms with E-state index in [-0.39, 0.29) is 0 Å². The molecule has 0 amide bonds. The highest BCUT2D eigenvalue weighted by molar-refractivity contribution is 7.80. The van der Waals surface area contributed by atoms with E-state index in [1.807, 2.05) is 36.6 Å². The van der Waals surface area contributed by atoms with Crippen molar-refractivity contribution >= 4 is 46.0 Å². The van der Waals surface area contributed by atoms with Gasteiger partial charge in [0.05, 0.1) is 6.54 Å². The number of rotatable bonds is 3. The average molecular weight is 297 g/mol. The van der Waals surface area contributed by atoms with Crippen molar-refractivity contribution in [3.8, 4) is 0 Å². The Bertz CT molecular complexity index is 538. The van der Waals surface area contributed by atoms with E-state index in [9.17, 15) is 0 Å². The lowest BCUT2D eigenvalue weighted by atomic mass is 10.2. The summed E-state index contributed by atoms with van der Waals surface area (Å²) in [7, 11) is 0. The number of nitrogens with one attached hydrogen (secondary N) is 2. The summed E-state index contributed by atoms with van der Waals surface area (Å²) in [5.41, 5.74) is 1.95. The number of thiophene rings is 1. The van der Waals surface area contributed by atoms with Crippen LogP contribution in [0.1, 0.15) is 10.4 Å². The molecule has 0 saturated heterocycles. The quantitative estimate of drug-likeness (QED) is 0.830. The normalized spacial score (nSPS) is 10.1. The zero-order valence-corrected chi connectivity index (χ0v) is 12.3. The number of halogens is 1. The second-order valence-corrected chi connectivity index (χ2v) is 5.70. The molecule has 1 aromatic carbocycles. The van der Waals surface area contributed by atoms with Crippen LogP contribution in [0.5, 0.6) is 0 Å². The van der Waals surface area contributed by atoms with Gasteiger partial charge in [-0.3, -0.25) is 0 Å². The Hall–Kier alpha value is -1.10. The van der Waals surface area contributed by atoms with Gasteiger partial charge in [-0.15, -0.1) is 11.3 Å². The first-order valence-corrected chi connectivity index (χ1v) is 7.15. The van der Waals surface area contributed by atoms with Gasteiger partial charge in [0.2, 0.25) is 0 Å². The predicted molar refractivity (Wildman–Crippen MR) is 83.6 cm³/mol. The van der Waals surface area contributed by atoms with Crippen molar-refractivity contribution in [1.82, 2.24) is 5.32 Å². The molecular weight excluding hydrogens is 284 g/mol. The van der Waals surface area contributed by atoms with Gasteiger partial charge in [0, 0.05) is 15.6 Å². The highest BCUT2D eigenvalue weighted by Gasteiger charge is 2.01. The Kier molecular flexibility index (Phi) is 4.58. The molecule has 5 heteroatoms. The fourth-order valence-electron chi connectivity index (χ4n) is 1.43. The fourth-order valence-corrected chi connectivity index (χ4v) is 2.44. The van der Waals surface area contributed by atoms with Crippen molar-refractivity contribution in [2.75, 3.05) is 5.32 Å². The Balaban J connectivity index is 1.88. The van der Waals surface area contributed by atoms with Gasteiger partial charge in [-0.25, -0.2) is 0 Å². The molecule has 94 valence electrons. The summed E-state index contributed by atoms with van der Waals surface area (Å²) < 4.78 is 0. The van der Waals surface area contributed by atoms with Gasteiger partial charge in [-0.2, -0.15) is 0 Å². The van der Waals surface area contributed by atoms with Crippen LogP contribution >= 0.6 is 35.2 Å². The second-order valence-electron chi connectivity index (χ2n) is 3.85. The van der Waals surface area contributed by atoms with Gasteiger partial charge in [0.15, 0.2) is 5.11 Å². The van der Waals surface area contributed by atoms with Crippen LogP contribution in [0.3, 0.4) is 0 Å². The van der Waals surface area contributed by atoms with Gasteiger partial charge in [-0.1, -0.05) is 23.7 Å². The number of hydrogen-bond acceptors (Lipinski definition) is 2. The molecule has 2 N–H and O–H groups in total. The van der Waals surface area contributed by atoms with Crippen LogP contribution in [-0.2, 0) is 6.54 Å². The van der Waals surface area contributed by atoms with Crippen LogP contribution in [0, 0.1) is 6.92 Å². The maximum absolute atomic E-state index is 6.05. The van der Waals surface area contributed by atoms with E-state index in [1.54, 1.807) is 11.3 Å². The van der Waals surface area contributed by atoms with E-state index in [4.69, 9.17) is 23.8 Å². The van der Waals surface area contributed by atoms with E-state index in [0.29, 0.717) is 5.11 Å². The van der Waals surface area contributed by atoms with E-state index >= 15 is 0 Å². The molecule has 2 aromatic rings. The summed E-state index contributed by atoms with van der Waals surface area (Å²) in [6.45, 7) is 2.71. The minimum atomic E-state index is 0.600. The van der Waals surface area contributed by atoms with Crippen molar-refractivity contribution in [3.63, 3.8) is 0 Å². The molecule has 0 atom stereocenters. The van der Waals surface area contributed by atoms with E-state index in [1.165, 1.54) is 4.88 Å². The number of anilines is 1. The zero-order valence-electron chi connectivity index (χ0n) is 9.87. The summed E-state index contributed by atoms with van der Waals surface area (Å²) in [5, 5.41) is 9.65. The lowest BCUT2D eigenvalue weighted by Gasteiger charge is -2.10. The van der Waals surface area contributed by atoms with E-state index in [2.05, 4.69) is 16.7 Å². The number of aryl methyl sites for hydroxylation is 1. The molecule has 2 rings (SSSR count). The van der Waals surface area contributed by atoms with E-state index in [0.717, 1.165) is 22.8 Å². The summed E-state index contributed by atoms with van der Waals surface area (Å²) in [5.74, 6) is 0. The topological polar surface area (TPSA) is 24.1 Å². The first-order valence-electron chi connectivity index (χ1n) is 5.48. The molecule has 0 unspecified atom stereocenters. The smallest absolute Gasteiger partial charge is 0.171 e. The summed E-state index contributed by atoms with van der Waals surface area (Å²) >= 11 is 13.0. The van der Waals surface area contributed by atoms with Crippen LogP contribution in [0.15, 0.2) is 35.7 Å². The SMILES string of the molecule is Cc1ccc(NC(=S)NCc2cccs2)cc1Cl. The van der Waals surface area contributed by atoms with Crippen LogP contribution < -0.4 is 10.6 Å². The summed E-state index contributed by atoms with van der Waals surface area (Å²) in [6, 6.07) is 9.89. The Labute approximate surface area is 121 Å². The molecule has 0 saturated carbocycles. The monoisotopic (exact) mass is 296 g/mol. The molecule has 0 aliphatic carbocycles. The van der Waals surface area contributed by atoms with E-state index < -0.39 is 0 Å². The molecular formula is C13H13ClN2S2. The third-order valence-electron chi connectivity index (χ3n) is 2.43. The van der Waals surface area contributed by atoms with Gasteiger partial charge in [0.1, 0.15) is 0 Å². The first-order chi connectivity index (χ1) is 8.65. The van der Waals surface area contributed by atoms with Crippen LogP contribution in [0.25, 0.3) is 0 Å². The largest absolute Gasteiger partial charge is 0.358 e. The van der Waals surface area contributed by atoms with Gasteiger partial charge in [0.25, 0.3) is 0 Å². The van der Waals surface area contributed by atoms with Crippen molar-refractivity contribution < 1.29 is 0 Å². The Morgan fingerprint density at radius 1 is 1.39 bits per heavy atom. The third kappa shape index (κ3) is 3.70. The molecule has 2 nitrogen and oxygen atoms in total. The predicted octanol–water partition coefficient (Wildman–Crippen LogP) is 4.20. The summed E-state index contributed by atoms with van der Waals surface area (Å²) in [6.07, 6.45) is 0. The lowest BCUT2D eigenvalue weighted by molar-refractivity contribution is 0.946. The number of hydrogen-bond donors (Lipinski definition) is 2. The number of thiocarbonyl (C=S) groups is 1. The Morgan fingerprint density at radius 2 is 2.22 bits per heavy atom. The standard InChI is InChI=1S/C13H13ClN2S2/c1-9-4-5-10(7-12(9)14)16-13(17)15-8-11-3-2-6-18-11/h2-7H,8H2,1H3,(H2,15,16,17). The zero-order chi connectivity index (χ0) is 13.0. The maximum Gasteiger partial charge on any atom is 0.171 e. The minimum absolute atomic E-state index is 0.600. The molecule has 0 fully saturated rings. The first kappa shape index (κ1) is 13.3. The number of benzene rings is 1. The fraction of sp³-hybridized carbons (Fsp3) is 0.154. The molecule has 0 aliphatic heterocycles. The molecule has 1 heterocycles. The highest BCUT2D eigenvalue weighted by atomic mass is 35.5.